The number of nitrogens with one attached hydrogen (secondary N) is 1. The molecule has 5 aromatic rings. The second kappa shape index (κ2) is 12.1. The number of ether oxygens (including phenoxy) is 1. The van der Waals surface area contributed by atoms with Gasteiger partial charge in [-0.15, -0.1) is 5.10 Å². The van der Waals surface area contributed by atoms with Gasteiger partial charge in [-0.05, 0) is 108 Å². The summed E-state index contributed by atoms with van der Waals surface area (Å²) in [6.07, 6.45) is 4.11. The Morgan fingerprint density at radius 1 is 0.951 bits per heavy atom. The summed E-state index contributed by atoms with van der Waals surface area (Å²) in [5.74, 6) is 2.08. The molecule has 0 bridgehead atoms. The third kappa shape index (κ3) is 5.93. The number of benzene rings is 3. The molecule has 8 heteroatoms. The Labute approximate surface area is 240 Å². The lowest BCUT2D eigenvalue weighted by Crippen LogP contribution is -2.41. The van der Waals surface area contributed by atoms with Crippen LogP contribution in [-0.4, -0.2) is 50.3 Å². The molecule has 0 spiro atoms. The number of piperidine rings is 1. The minimum absolute atomic E-state index is 0.0999. The van der Waals surface area contributed by atoms with Gasteiger partial charge in [-0.3, -0.25) is 9.69 Å². The van der Waals surface area contributed by atoms with E-state index in [4.69, 9.17) is 4.74 Å². The van der Waals surface area contributed by atoms with Gasteiger partial charge in [0.15, 0.2) is 5.82 Å². The molecule has 1 fully saturated rings. The first-order chi connectivity index (χ1) is 20.1. The number of hydrogen-bond acceptors (Lipinski definition) is 6. The number of likely N-dealkylation sites (tertiary alicyclic amines) is 1. The van der Waals surface area contributed by atoms with Crippen LogP contribution in [0.2, 0.25) is 0 Å². The van der Waals surface area contributed by atoms with E-state index in [0.717, 1.165) is 61.0 Å². The van der Waals surface area contributed by atoms with Crippen LogP contribution >= 0.6 is 0 Å². The number of aromatic nitrogens is 5. The van der Waals surface area contributed by atoms with E-state index < -0.39 is 0 Å². The maximum absolute atomic E-state index is 13.6. The van der Waals surface area contributed by atoms with Crippen molar-refractivity contribution in [1.82, 2.24) is 30.1 Å². The van der Waals surface area contributed by atoms with Gasteiger partial charge in [0.25, 0.3) is 5.56 Å². The Hall–Kier alpha value is -4.30. The van der Waals surface area contributed by atoms with Gasteiger partial charge < -0.3 is 9.72 Å². The monoisotopic (exact) mass is 548 g/mol. The molecule has 41 heavy (non-hydrogen) atoms. The largest absolute Gasteiger partial charge is 0.497 e. The Morgan fingerprint density at radius 2 is 1.71 bits per heavy atom. The van der Waals surface area contributed by atoms with Gasteiger partial charge in [0.2, 0.25) is 0 Å². The van der Waals surface area contributed by atoms with E-state index >= 15 is 0 Å². The van der Waals surface area contributed by atoms with Gasteiger partial charge >= 0.3 is 0 Å². The van der Waals surface area contributed by atoms with E-state index in [1.54, 1.807) is 7.11 Å². The highest BCUT2D eigenvalue weighted by atomic mass is 16.5. The van der Waals surface area contributed by atoms with Gasteiger partial charge in [-0.2, -0.15) is 0 Å². The summed E-state index contributed by atoms with van der Waals surface area (Å²) in [4.78, 5) is 19.2. The van der Waals surface area contributed by atoms with Gasteiger partial charge in [0.05, 0.1) is 13.7 Å². The summed E-state index contributed by atoms with van der Waals surface area (Å²) < 4.78 is 7.15. The van der Waals surface area contributed by atoms with Crippen LogP contribution < -0.4 is 10.3 Å². The quantitative estimate of drug-likeness (QED) is 0.273. The molecule has 0 aliphatic carbocycles. The molecule has 1 atom stereocenters. The van der Waals surface area contributed by atoms with Crippen LogP contribution in [0.5, 0.6) is 5.75 Å². The van der Waals surface area contributed by atoms with Crippen molar-refractivity contribution in [3.8, 4) is 5.75 Å². The van der Waals surface area contributed by atoms with E-state index in [1.807, 2.05) is 41.1 Å². The average Bonchev–Trinajstić information content (AvgIpc) is 3.46. The van der Waals surface area contributed by atoms with Crippen LogP contribution in [0, 0.1) is 5.92 Å². The minimum atomic E-state index is -0.362. The predicted octanol–water partition coefficient (Wildman–Crippen LogP) is 5.18. The first-order valence-corrected chi connectivity index (χ1v) is 14.4. The smallest absolute Gasteiger partial charge is 0.253 e. The van der Waals surface area contributed by atoms with E-state index in [2.05, 4.69) is 74.8 Å². The topological polar surface area (TPSA) is 88.9 Å². The first-order valence-electron chi connectivity index (χ1n) is 14.4. The summed E-state index contributed by atoms with van der Waals surface area (Å²) in [5, 5.41) is 14.0. The zero-order chi connectivity index (χ0) is 28.2. The van der Waals surface area contributed by atoms with Crippen LogP contribution in [0.3, 0.4) is 0 Å². The summed E-state index contributed by atoms with van der Waals surface area (Å²) in [7, 11) is 1.66. The van der Waals surface area contributed by atoms with Gasteiger partial charge in [-0.1, -0.05) is 55.5 Å². The Bertz CT molecular complexity index is 1650. The van der Waals surface area contributed by atoms with Crippen LogP contribution in [0.1, 0.15) is 53.9 Å². The zero-order valence-electron chi connectivity index (χ0n) is 23.7. The molecule has 6 rings (SSSR count). The van der Waals surface area contributed by atoms with Crippen molar-refractivity contribution in [1.29, 1.82) is 0 Å². The normalized spacial score (nSPS) is 15.3. The molecule has 3 heterocycles. The van der Waals surface area contributed by atoms with Crippen molar-refractivity contribution in [3.05, 3.63) is 117 Å². The molecule has 0 amide bonds. The van der Waals surface area contributed by atoms with E-state index in [1.165, 1.54) is 11.1 Å². The highest BCUT2D eigenvalue weighted by Gasteiger charge is 2.33. The van der Waals surface area contributed by atoms with Crippen LogP contribution in [0.4, 0.5) is 0 Å². The van der Waals surface area contributed by atoms with Crippen LogP contribution in [-0.2, 0) is 19.4 Å². The lowest BCUT2D eigenvalue weighted by atomic mass is 9.89. The third-order valence-corrected chi connectivity index (χ3v) is 8.32. The first kappa shape index (κ1) is 26.9. The molecule has 0 unspecified atom stereocenters. The zero-order valence-corrected chi connectivity index (χ0v) is 23.7. The molecule has 3 aromatic carbocycles. The molecule has 1 saturated heterocycles. The Kier molecular flexibility index (Phi) is 7.91. The van der Waals surface area contributed by atoms with Gasteiger partial charge in [0.1, 0.15) is 11.8 Å². The molecule has 2 aromatic heterocycles. The predicted molar refractivity (Wildman–Crippen MR) is 160 cm³/mol. The highest BCUT2D eigenvalue weighted by Crippen LogP contribution is 2.32. The number of pyridine rings is 1. The molecule has 1 N–H and O–H groups in total. The fourth-order valence-electron chi connectivity index (χ4n) is 5.98. The molecule has 0 radical (unpaired) electrons. The summed E-state index contributed by atoms with van der Waals surface area (Å²) in [5.41, 5.74) is 5.09. The number of methoxy groups -OCH3 is 1. The minimum Gasteiger partial charge on any atom is -0.497 e. The number of rotatable bonds is 9. The number of aryl methyl sites for hydroxylation is 1. The van der Waals surface area contributed by atoms with Crippen molar-refractivity contribution >= 4 is 10.9 Å². The van der Waals surface area contributed by atoms with Crippen molar-refractivity contribution in [2.75, 3.05) is 20.2 Å². The van der Waals surface area contributed by atoms with E-state index in [9.17, 15) is 4.79 Å². The Balaban J connectivity index is 1.35. The second-order valence-electron chi connectivity index (χ2n) is 10.9. The number of hydrogen-bond donors (Lipinski definition) is 1. The summed E-state index contributed by atoms with van der Waals surface area (Å²) in [6, 6.07) is 26.5. The standard InChI is InChI=1S/C33H36N6O2/c1-3-23-11-14-30-27(20-23)21-29(33(40)34-30)31(38-17-15-25(16-18-38)19-24-7-5-4-6-8-24)32-35-36-37-39(32)22-26-9-12-28(41-2)13-10-26/h4-14,20-21,25,31H,3,15-19,22H2,1-2H3,(H,34,40)/t31-/m1/s1. The average molecular weight is 549 g/mol. The third-order valence-electron chi connectivity index (χ3n) is 8.32. The lowest BCUT2D eigenvalue weighted by Gasteiger charge is -2.37. The number of H-pyrrole nitrogens is 1. The van der Waals surface area contributed by atoms with Gasteiger partial charge in [-0.25, -0.2) is 4.68 Å². The van der Waals surface area contributed by atoms with Crippen LogP contribution in [0.25, 0.3) is 10.9 Å². The van der Waals surface area contributed by atoms with Gasteiger partial charge in [0, 0.05) is 11.1 Å². The lowest BCUT2D eigenvalue weighted by molar-refractivity contribution is 0.143. The van der Waals surface area contributed by atoms with E-state index in [-0.39, 0.29) is 11.6 Å². The number of aromatic amines is 1. The second-order valence-corrected chi connectivity index (χ2v) is 10.9. The Morgan fingerprint density at radius 3 is 2.44 bits per heavy atom. The summed E-state index contributed by atoms with van der Waals surface area (Å²) >= 11 is 0. The summed E-state index contributed by atoms with van der Waals surface area (Å²) in [6.45, 7) is 4.37. The molecule has 0 saturated carbocycles. The maximum atomic E-state index is 13.6. The van der Waals surface area contributed by atoms with Crippen molar-refractivity contribution in [3.63, 3.8) is 0 Å². The van der Waals surface area contributed by atoms with E-state index in [0.29, 0.717) is 23.9 Å². The molecule has 210 valence electrons. The molecule has 1 aliphatic heterocycles. The number of nitrogens with zero attached hydrogens (tertiary/aromatic N) is 5. The van der Waals surface area contributed by atoms with Crippen LogP contribution in [0.15, 0.2) is 83.7 Å². The molecule has 1 aliphatic rings. The highest BCUT2D eigenvalue weighted by molar-refractivity contribution is 5.80. The molecular weight excluding hydrogens is 512 g/mol. The molecule has 8 nitrogen and oxygen atoms in total. The fraction of sp³-hybridized carbons (Fsp3) is 0.333. The maximum Gasteiger partial charge on any atom is 0.253 e. The van der Waals surface area contributed by atoms with Crippen molar-refractivity contribution < 1.29 is 4.74 Å². The molecular formula is C33H36N6O2. The fourth-order valence-corrected chi connectivity index (χ4v) is 5.98. The number of fused-ring (bicyclic) bond motifs is 1. The van der Waals surface area contributed by atoms with Crippen molar-refractivity contribution in [2.45, 2.75) is 45.2 Å². The number of tetrazole rings is 1. The van der Waals surface area contributed by atoms with Crippen molar-refractivity contribution in [2.24, 2.45) is 5.92 Å². The SMILES string of the molecule is CCc1ccc2[nH]c(=O)c([C@H](c3nnnn3Cc3ccc(OC)cc3)N3CCC(Cc4ccccc4)CC3)cc2c1.